The smallest absolute Gasteiger partial charge is 0.161 e. The van der Waals surface area contributed by atoms with Crippen molar-refractivity contribution >= 4 is 5.82 Å². The number of benzene rings is 3. The minimum atomic E-state index is -0.573. The normalized spacial score (nSPS) is 14.7. The zero-order valence-corrected chi connectivity index (χ0v) is 23.6. The number of aliphatic hydroxyl groups excluding tert-OH is 1. The van der Waals surface area contributed by atoms with Gasteiger partial charge in [0.15, 0.2) is 5.82 Å². The lowest BCUT2D eigenvalue weighted by Crippen LogP contribution is -2.49. The van der Waals surface area contributed by atoms with E-state index in [0.29, 0.717) is 6.54 Å². The molecule has 0 bridgehead atoms. The van der Waals surface area contributed by atoms with Gasteiger partial charge in [-0.1, -0.05) is 60.2 Å². The van der Waals surface area contributed by atoms with Crippen LogP contribution >= 0.6 is 0 Å². The van der Waals surface area contributed by atoms with Crippen LogP contribution in [-0.4, -0.2) is 72.5 Å². The maximum absolute atomic E-state index is 10.7. The SMILES string of the molecule is COc1ccc(OCC(O)CN2CCN(c3nc(-c4ccccc4)nc(C)c3Cc3cccc(C)c3)CC2)cc1. The zero-order chi connectivity index (χ0) is 27.9. The fraction of sp³-hybridized carbons (Fsp3) is 0.333. The maximum atomic E-state index is 10.7. The molecule has 1 fully saturated rings. The van der Waals surface area contributed by atoms with E-state index in [0.717, 1.165) is 67.0 Å². The van der Waals surface area contributed by atoms with Crippen molar-refractivity contribution in [2.45, 2.75) is 26.4 Å². The van der Waals surface area contributed by atoms with Crippen LogP contribution in [0.3, 0.4) is 0 Å². The number of methoxy groups -OCH3 is 1. The predicted octanol–water partition coefficient (Wildman–Crippen LogP) is 4.92. The molecule has 1 aliphatic rings. The van der Waals surface area contributed by atoms with Gasteiger partial charge in [0, 0.05) is 56.0 Å². The summed E-state index contributed by atoms with van der Waals surface area (Å²) in [6, 6.07) is 26.3. The van der Waals surface area contributed by atoms with Crippen molar-refractivity contribution in [3.8, 4) is 22.9 Å². The molecule has 0 amide bonds. The molecule has 4 aromatic rings. The second-order valence-corrected chi connectivity index (χ2v) is 10.4. The van der Waals surface area contributed by atoms with Gasteiger partial charge in [-0.3, -0.25) is 4.90 Å². The van der Waals surface area contributed by atoms with E-state index in [-0.39, 0.29) is 6.61 Å². The molecular formula is C33H38N4O3. The Bertz CT molecular complexity index is 1390. The summed E-state index contributed by atoms with van der Waals surface area (Å²) in [5.74, 6) is 3.27. The van der Waals surface area contributed by atoms with Crippen molar-refractivity contribution in [3.63, 3.8) is 0 Å². The molecule has 1 aliphatic heterocycles. The number of aliphatic hydroxyl groups is 1. The number of nitrogens with zero attached hydrogens (tertiary/aromatic N) is 4. The fourth-order valence-corrected chi connectivity index (χ4v) is 5.15. The summed E-state index contributed by atoms with van der Waals surface area (Å²) in [5, 5.41) is 10.7. The first-order chi connectivity index (χ1) is 19.5. The van der Waals surface area contributed by atoms with E-state index >= 15 is 0 Å². The first kappa shape index (κ1) is 27.6. The van der Waals surface area contributed by atoms with Crippen LogP contribution < -0.4 is 14.4 Å². The highest BCUT2D eigenvalue weighted by Crippen LogP contribution is 2.28. The highest BCUT2D eigenvalue weighted by Gasteiger charge is 2.24. The molecule has 7 heteroatoms. The lowest BCUT2D eigenvalue weighted by Gasteiger charge is -2.37. The quantitative estimate of drug-likeness (QED) is 0.307. The van der Waals surface area contributed by atoms with E-state index in [2.05, 4.69) is 60.0 Å². The Kier molecular flexibility index (Phi) is 8.94. The molecule has 40 heavy (non-hydrogen) atoms. The summed E-state index contributed by atoms with van der Waals surface area (Å²) in [5.41, 5.74) is 5.72. The maximum Gasteiger partial charge on any atom is 0.161 e. The van der Waals surface area contributed by atoms with Gasteiger partial charge < -0.3 is 19.5 Å². The summed E-state index contributed by atoms with van der Waals surface area (Å²) in [6.07, 6.45) is 0.219. The van der Waals surface area contributed by atoms with Gasteiger partial charge in [0.25, 0.3) is 0 Å². The van der Waals surface area contributed by atoms with Crippen LogP contribution in [0, 0.1) is 13.8 Å². The topological polar surface area (TPSA) is 71.0 Å². The standard InChI is InChI=1S/C33H38N4O3/c1-24-8-7-9-26(20-24)21-31-25(2)34-32(27-10-5-4-6-11-27)35-33(31)37-18-16-36(17-19-37)22-28(38)23-40-30-14-12-29(39-3)13-15-30/h4-15,20,28,38H,16-19,21-23H2,1-3H3. The van der Waals surface area contributed by atoms with Crippen LogP contribution in [0.4, 0.5) is 5.82 Å². The van der Waals surface area contributed by atoms with E-state index < -0.39 is 6.10 Å². The molecule has 7 nitrogen and oxygen atoms in total. The number of aromatic nitrogens is 2. The third-order valence-corrected chi connectivity index (χ3v) is 7.33. The highest BCUT2D eigenvalue weighted by atomic mass is 16.5. The van der Waals surface area contributed by atoms with Crippen molar-refractivity contribution in [1.82, 2.24) is 14.9 Å². The fourth-order valence-electron chi connectivity index (χ4n) is 5.15. The number of aryl methyl sites for hydroxylation is 2. The highest BCUT2D eigenvalue weighted by molar-refractivity contribution is 5.61. The third kappa shape index (κ3) is 6.97. The van der Waals surface area contributed by atoms with E-state index in [1.807, 2.05) is 42.5 Å². The van der Waals surface area contributed by atoms with Crippen LogP contribution in [0.15, 0.2) is 78.9 Å². The lowest BCUT2D eigenvalue weighted by atomic mass is 10.0. The number of β-amino-alcohol motifs (C(OH)–C–C–N with tert-alkyl or cyclic N) is 1. The third-order valence-electron chi connectivity index (χ3n) is 7.33. The van der Waals surface area contributed by atoms with Gasteiger partial charge >= 0.3 is 0 Å². The van der Waals surface area contributed by atoms with Crippen LogP contribution in [-0.2, 0) is 6.42 Å². The van der Waals surface area contributed by atoms with Crippen LogP contribution in [0.2, 0.25) is 0 Å². The van der Waals surface area contributed by atoms with Crippen molar-refractivity contribution < 1.29 is 14.6 Å². The minimum Gasteiger partial charge on any atom is -0.497 e. The largest absolute Gasteiger partial charge is 0.497 e. The van der Waals surface area contributed by atoms with Crippen molar-refractivity contribution in [3.05, 3.63) is 101 Å². The number of ether oxygens (including phenoxy) is 2. The number of rotatable bonds is 10. The Morgan fingerprint density at radius 3 is 2.27 bits per heavy atom. The van der Waals surface area contributed by atoms with Gasteiger partial charge in [-0.15, -0.1) is 0 Å². The van der Waals surface area contributed by atoms with Gasteiger partial charge in [0.1, 0.15) is 30.0 Å². The van der Waals surface area contributed by atoms with Crippen molar-refractivity contribution in [2.24, 2.45) is 0 Å². The van der Waals surface area contributed by atoms with Gasteiger partial charge in [0.2, 0.25) is 0 Å². The van der Waals surface area contributed by atoms with Gasteiger partial charge in [-0.25, -0.2) is 9.97 Å². The summed E-state index contributed by atoms with van der Waals surface area (Å²) < 4.78 is 11.0. The second-order valence-electron chi connectivity index (χ2n) is 10.4. The van der Waals surface area contributed by atoms with Crippen LogP contribution in [0.1, 0.15) is 22.4 Å². The molecule has 0 saturated carbocycles. The van der Waals surface area contributed by atoms with Crippen LogP contribution in [0.25, 0.3) is 11.4 Å². The molecule has 1 saturated heterocycles. The number of hydrogen-bond acceptors (Lipinski definition) is 7. The Hall–Kier alpha value is -3.94. The summed E-state index contributed by atoms with van der Waals surface area (Å²) in [7, 11) is 1.64. The van der Waals surface area contributed by atoms with Gasteiger partial charge in [-0.2, -0.15) is 0 Å². The monoisotopic (exact) mass is 538 g/mol. The number of anilines is 1. The van der Waals surface area contributed by atoms with Crippen molar-refractivity contribution in [2.75, 3.05) is 51.3 Å². The Balaban J connectivity index is 1.27. The van der Waals surface area contributed by atoms with Crippen molar-refractivity contribution in [1.29, 1.82) is 0 Å². The average molecular weight is 539 g/mol. The minimum absolute atomic E-state index is 0.249. The second kappa shape index (κ2) is 12.9. The zero-order valence-electron chi connectivity index (χ0n) is 23.6. The Morgan fingerprint density at radius 1 is 0.850 bits per heavy atom. The van der Waals surface area contributed by atoms with E-state index in [1.165, 1.54) is 16.7 Å². The molecule has 208 valence electrons. The average Bonchev–Trinajstić information content (AvgIpc) is 2.98. The van der Waals surface area contributed by atoms with E-state index in [4.69, 9.17) is 19.4 Å². The molecule has 1 atom stereocenters. The molecular weight excluding hydrogens is 500 g/mol. The predicted molar refractivity (Wildman–Crippen MR) is 159 cm³/mol. The molecule has 0 aliphatic carbocycles. The summed E-state index contributed by atoms with van der Waals surface area (Å²) >= 11 is 0. The molecule has 2 heterocycles. The van der Waals surface area contributed by atoms with E-state index in [9.17, 15) is 5.11 Å². The number of piperazine rings is 1. The molecule has 1 aromatic heterocycles. The molecule has 3 aromatic carbocycles. The van der Waals surface area contributed by atoms with Gasteiger partial charge in [0.05, 0.1) is 7.11 Å². The summed E-state index contributed by atoms with van der Waals surface area (Å²) in [4.78, 5) is 14.7. The first-order valence-electron chi connectivity index (χ1n) is 13.9. The van der Waals surface area contributed by atoms with Crippen LogP contribution in [0.5, 0.6) is 11.5 Å². The molecule has 0 spiro atoms. The lowest BCUT2D eigenvalue weighted by molar-refractivity contribution is 0.0662. The molecule has 5 rings (SSSR count). The Morgan fingerprint density at radius 2 is 1.57 bits per heavy atom. The Labute approximate surface area is 237 Å². The number of hydrogen-bond donors (Lipinski definition) is 1. The van der Waals surface area contributed by atoms with E-state index in [1.54, 1.807) is 7.11 Å². The summed E-state index contributed by atoms with van der Waals surface area (Å²) in [6.45, 7) is 8.38. The molecule has 0 radical (unpaired) electrons. The first-order valence-corrected chi connectivity index (χ1v) is 13.9. The van der Waals surface area contributed by atoms with Gasteiger partial charge in [-0.05, 0) is 43.7 Å². The molecule has 1 N–H and O–H groups in total. The molecule has 1 unspecified atom stereocenters.